The fourth-order valence-corrected chi connectivity index (χ4v) is 3.65. The number of nitrogens with one attached hydrogen (secondary N) is 1. The molecule has 0 amide bonds. The molecular formula is C19H15N5O3S. The molecule has 0 fully saturated rings. The minimum absolute atomic E-state index is 0.0847. The predicted octanol–water partition coefficient (Wildman–Crippen LogP) is 2.92. The monoisotopic (exact) mass is 393 g/mol. The van der Waals surface area contributed by atoms with Crippen LogP contribution in [-0.4, -0.2) is 28.5 Å². The molecular weight excluding hydrogens is 378 g/mol. The van der Waals surface area contributed by atoms with Gasteiger partial charge in [0.1, 0.15) is 4.90 Å². The summed E-state index contributed by atoms with van der Waals surface area (Å²) < 4.78 is 33.1. The van der Waals surface area contributed by atoms with Gasteiger partial charge in [0.15, 0.2) is 0 Å². The summed E-state index contributed by atoms with van der Waals surface area (Å²) in [4.78, 5) is 12.3. The molecule has 0 bridgehead atoms. The van der Waals surface area contributed by atoms with E-state index in [9.17, 15) is 8.42 Å². The quantitative estimate of drug-likeness (QED) is 0.536. The van der Waals surface area contributed by atoms with Crippen LogP contribution in [0.4, 0.5) is 5.69 Å². The average Bonchev–Trinajstić information content (AvgIpc) is 3.19. The molecule has 4 rings (SSSR count). The topological polar surface area (TPSA) is 111 Å². The van der Waals surface area contributed by atoms with Crippen molar-refractivity contribution >= 4 is 15.7 Å². The summed E-state index contributed by atoms with van der Waals surface area (Å²) in [5.41, 5.74) is 1.88. The van der Waals surface area contributed by atoms with Crippen LogP contribution in [-0.2, 0) is 16.4 Å². The first-order valence-corrected chi connectivity index (χ1v) is 9.84. The van der Waals surface area contributed by atoms with Crippen molar-refractivity contribution in [3.05, 3.63) is 84.8 Å². The van der Waals surface area contributed by atoms with Crippen LogP contribution < -0.4 is 4.72 Å². The van der Waals surface area contributed by atoms with Gasteiger partial charge in [-0.3, -0.25) is 14.7 Å². The Bertz CT molecular complexity index is 1180. The summed E-state index contributed by atoms with van der Waals surface area (Å²) in [6.45, 7) is 0. The van der Waals surface area contributed by atoms with E-state index in [1.807, 2.05) is 12.1 Å². The van der Waals surface area contributed by atoms with Gasteiger partial charge in [0.05, 0.1) is 12.1 Å². The Morgan fingerprint density at radius 1 is 0.929 bits per heavy atom. The van der Waals surface area contributed by atoms with Crippen LogP contribution in [0.25, 0.3) is 11.4 Å². The van der Waals surface area contributed by atoms with Crippen LogP contribution >= 0.6 is 0 Å². The number of sulfonamides is 1. The van der Waals surface area contributed by atoms with E-state index in [0.29, 0.717) is 23.0 Å². The number of benzene rings is 1. The first-order chi connectivity index (χ1) is 13.6. The zero-order chi connectivity index (χ0) is 19.4. The molecule has 9 heteroatoms. The Morgan fingerprint density at radius 3 is 2.46 bits per heavy atom. The number of aromatic nitrogens is 4. The summed E-state index contributed by atoms with van der Waals surface area (Å²) in [5, 5.41) is 3.96. The number of anilines is 1. The maximum Gasteiger partial charge on any atom is 0.263 e. The lowest BCUT2D eigenvalue weighted by atomic mass is 10.1. The zero-order valence-corrected chi connectivity index (χ0v) is 15.4. The van der Waals surface area contributed by atoms with E-state index in [0.717, 1.165) is 5.56 Å². The van der Waals surface area contributed by atoms with Gasteiger partial charge in [0.25, 0.3) is 10.0 Å². The van der Waals surface area contributed by atoms with Crippen molar-refractivity contribution in [2.45, 2.75) is 11.3 Å². The highest BCUT2D eigenvalue weighted by molar-refractivity contribution is 7.92. The molecule has 0 atom stereocenters. The first-order valence-electron chi connectivity index (χ1n) is 8.35. The lowest BCUT2D eigenvalue weighted by Crippen LogP contribution is -2.14. The fraction of sp³-hybridized carbons (Fsp3) is 0.0526. The third-order valence-corrected chi connectivity index (χ3v) is 5.29. The molecule has 4 aromatic rings. The number of hydrogen-bond acceptors (Lipinski definition) is 7. The van der Waals surface area contributed by atoms with Crippen LogP contribution in [0, 0.1) is 0 Å². The van der Waals surface area contributed by atoms with E-state index in [4.69, 9.17) is 4.52 Å². The molecule has 3 aromatic heterocycles. The van der Waals surface area contributed by atoms with Crippen LogP contribution in [0.2, 0.25) is 0 Å². The average molecular weight is 393 g/mol. The van der Waals surface area contributed by atoms with Crippen molar-refractivity contribution in [2.75, 3.05) is 4.72 Å². The summed E-state index contributed by atoms with van der Waals surface area (Å²) in [6, 6.07) is 13.7. The van der Waals surface area contributed by atoms with E-state index in [-0.39, 0.29) is 11.3 Å². The largest absolute Gasteiger partial charge is 0.339 e. The molecule has 0 radical (unpaired) electrons. The number of pyridine rings is 2. The smallest absolute Gasteiger partial charge is 0.263 e. The van der Waals surface area contributed by atoms with E-state index in [1.54, 1.807) is 42.7 Å². The van der Waals surface area contributed by atoms with Crippen molar-refractivity contribution in [2.24, 2.45) is 0 Å². The van der Waals surface area contributed by atoms with Crippen molar-refractivity contribution in [1.82, 2.24) is 20.1 Å². The Balaban J connectivity index is 1.58. The summed E-state index contributed by atoms with van der Waals surface area (Å²) >= 11 is 0. The fourth-order valence-electron chi connectivity index (χ4n) is 2.59. The van der Waals surface area contributed by atoms with Gasteiger partial charge in [-0.15, -0.1) is 0 Å². The van der Waals surface area contributed by atoms with Crippen LogP contribution in [0.15, 0.2) is 82.7 Å². The second-order valence-electron chi connectivity index (χ2n) is 5.88. The third kappa shape index (κ3) is 3.89. The molecule has 0 spiro atoms. The molecule has 3 heterocycles. The molecule has 1 aromatic carbocycles. The van der Waals surface area contributed by atoms with Gasteiger partial charge >= 0.3 is 0 Å². The Labute approximate surface area is 161 Å². The highest BCUT2D eigenvalue weighted by Gasteiger charge is 2.17. The van der Waals surface area contributed by atoms with Crippen molar-refractivity contribution in [1.29, 1.82) is 0 Å². The van der Waals surface area contributed by atoms with E-state index < -0.39 is 10.0 Å². The Kier molecular flexibility index (Phi) is 4.81. The summed E-state index contributed by atoms with van der Waals surface area (Å²) in [7, 11) is -3.75. The molecule has 0 saturated carbocycles. The SMILES string of the molecule is O=S(=O)(Nc1ccccc1Cc1nc(-c2cccnc2)no1)c1cccnc1. The van der Waals surface area contributed by atoms with Gasteiger partial charge in [0, 0.05) is 30.4 Å². The zero-order valence-electron chi connectivity index (χ0n) is 14.6. The molecule has 28 heavy (non-hydrogen) atoms. The molecule has 8 nitrogen and oxygen atoms in total. The predicted molar refractivity (Wildman–Crippen MR) is 102 cm³/mol. The highest BCUT2D eigenvalue weighted by Crippen LogP contribution is 2.23. The standard InChI is InChI=1S/C19H15N5O3S/c25-28(26,16-7-4-10-21-13-16)24-17-8-2-1-5-14(17)11-18-22-19(23-27-18)15-6-3-9-20-12-15/h1-10,12-13,24H,11H2. The molecule has 0 aliphatic carbocycles. The summed E-state index contributed by atoms with van der Waals surface area (Å²) in [5.74, 6) is 0.795. The Hall–Kier alpha value is -3.59. The van der Waals surface area contributed by atoms with Gasteiger partial charge in [-0.2, -0.15) is 4.98 Å². The lowest BCUT2D eigenvalue weighted by molar-refractivity contribution is 0.386. The second kappa shape index (κ2) is 7.57. The van der Waals surface area contributed by atoms with Gasteiger partial charge in [-0.05, 0) is 35.9 Å². The number of hydrogen-bond donors (Lipinski definition) is 1. The second-order valence-corrected chi connectivity index (χ2v) is 7.56. The van der Waals surface area contributed by atoms with Gasteiger partial charge < -0.3 is 4.52 Å². The Morgan fingerprint density at radius 2 is 1.71 bits per heavy atom. The van der Waals surface area contributed by atoms with E-state index >= 15 is 0 Å². The highest BCUT2D eigenvalue weighted by atomic mass is 32.2. The molecule has 1 N–H and O–H groups in total. The molecule has 0 aliphatic rings. The minimum atomic E-state index is -3.75. The van der Waals surface area contributed by atoms with Gasteiger partial charge in [-0.1, -0.05) is 23.4 Å². The van der Waals surface area contributed by atoms with E-state index in [1.165, 1.54) is 18.5 Å². The molecule has 0 saturated heterocycles. The van der Waals surface area contributed by atoms with Gasteiger partial charge in [0.2, 0.25) is 11.7 Å². The molecule has 0 unspecified atom stereocenters. The van der Waals surface area contributed by atoms with Crippen LogP contribution in [0.1, 0.15) is 11.5 Å². The molecule has 140 valence electrons. The maximum atomic E-state index is 12.6. The maximum absolute atomic E-state index is 12.6. The normalized spacial score (nSPS) is 11.3. The van der Waals surface area contributed by atoms with Gasteiger partial charge in [-0.25, -0.2) is 8.42 Å². The third-order valence-electron chi connectivity index (χ3n) is 3.94. The minimum Gasteiger partial charge on any atom is -0.339 e. The van der Waals surface area contributed by atoms with Crippen LogP contribution in [0.5, 0.6) is 0 Å². The lowest BCUT2D eigenvalue weighted by Gasteiger charge is -2.11. The van der Waals surface area contributed by atoms with Crippen LogP contribution in [0.3, 0.4) is 0 Å². The van der Waals surface area contributed by atoms with Crippen molar-refractivity contribution in [3.63, 3.8) is 0 Å². The number of para-hydroxylation sites is 1. The van der Waals surface area contributed by atoms with E-state index in [2.05, 4.69) is 24.8 Å². The first kappa shape index (κ1) is 17.8. The van der Waals surface area contributed by atoms with Crippen molar-refractivity contribution in [3.8, 4) is 11.4 Å². The molecule has 0 aliphatic heterocycles. The van der Waals surface area contributed by atoms with Crippen molar-refractivity contribution < 1.29 is 12.9 Å². The summed E-state index contributed by atoms with van der Waals surface area (Å²) in [6.07, 6.45) is 6.39. The number of nitrogens with zero attached hydrogens (tertiary/aromatic N) is 4. The number of rotatable bonds is 6.